The SMILES string of the molecule is CCNC(=O)[C@@H](CC)N(Cc1ccccc1C)C(=O)CN(c1cc(Cl)ccc1OC)S(=O)(=O)c1ccccc1. The summed E-state index contributed by atoms with van der Waals surface area (Å²) in [6.45, 7) is 5.50. The molecule has 0 bridgehead atoms. The Bertz CT molecular complexity index is 1400. The van der Waals surface area contributed by atoms with Crippen LogP contribution in [0.1, 0.15) is 31.4 Å². The summed E-state index contributed by atoms with van der Waals surface area (Å²) in [7, 11) is -2.82. The quantitative estimate of drug-likeness (QED) is 0.337. The predicted molar refractivity (Wildman–Crippen MR) is 153 cm³/mol. The van der Waals surface area contributed by atoms with Crippen molar-refractivity contribution in [3.05, 3.63) is 88.9 Å². The highest BCUT2D eigenvalue weighted by atomic mass is 35.5. The Hall–Kier alpha value is -3.56. The smallest absolute Gasteiger partial charge is 0.264 e. The highest BCUT2D eigenvalue weighted by Gasteiger charge is 2.34. The van der Waals surface area contributed by atoms with E-state index >= 15 is 0 Å². The molecule has 0 radical (unpaired) electrons. The molecule has 0 unspecified atom stereocenters. The summed E-state index contributed by atoms with van der Waals surface area (Å²) in [4.78, 5) is 28.6. The van der Waals surface area contributed by atoms with E-state index in [0.29, 0.717) is 13.0 Å². The van der Waals surface area contributed by atoms with Gasteiger partial charge in [-0.1, -0.05) is 61.0 Å². The molecule has 8 nitrogen and oxygen atoms in total. The molecule has 0 heterocycles. The van der Waals surface area contributed by atoms with Crippen molar-refractivity contribution in [3.63, 3.8) is 0 Å². The van der Waals surface area contributed by atoms with Crippen molar-refractivity contribution in [1.82, 2.24) is 10.2 Å². The topological polar surface area (TPSA) is 96.0 Å². The Morgan fingerprint density at radius 1 is 1.00 bits per heavy atom. The molecule has 3 aromatic rings. The standard InChI is InChI=1S/C29H34ClN3O5S/c1-5-25(29(35)31-6-2)32(19-22-13-11-10-12-21(22)3)28(34)20-33(26-18-23(30)16-17-27(26)38-4)39(36,37)24-14-8-7-9-15-24/h7-18,25H,5-6,19-20H2,1-4H3,(H,31,35)/t25-/m1/s1. The van der Waals surface area contributed by atoms with E-state index in [-0.39, 0.29) is 33.8 Å². The predicted octanol–water partition coefficient (Wildman–Crippen LogP) is 4.80. The van der Waals surface area contributed by atoms with Gasteiger partial charge in [0.2, 0.25) is 11.8 Å². The fourth-order valence-corrected chi connectivity index (χ4v) is 5.88. The lowest BCUT2D eigenvalue weighted by Gasteiger charge is -2.33. The Labute approximate surface area is 235 Å². The number of carbonyl (C=O) groups excluding carboxylic acids is 2. The van der Waals surface area contributed by atoms with Crippen molar-refractivity contribution >= 4 is 39.1 Å². The number of benzene rings is 3. The second-order valence-electron chi connectivity index (χ2n) is 8.91. The largest absolute Gasteiger partial charge is 0.495 e. The van der Waals surface area contributed by atoms with E-state index in [0.717, 1.165) is 15.4 Å². The molecule has 1 atom stereocenters. The van der Waals surface area contributed by atoms with Crippen molar-refractivity contribution in [2.24, 2.45) is 0 Å². The molecule has 0 aliphatic rings. The number of hydrogen-bond donors (Lipinski definition) is 1. The van der Waals surface area contributed by atoms with E-state index in [1.54, 1.807) is 37.3 Å². The van der Waals surface area contributed by atoms with Crippen molar-refractivity contribution in [2.75, 3.05) is 24.5 Å². The summed E-state index contributed by atoms with van der Waals surface area (Å²) in [5.74, 6) is -0.620. The number of halogens is 1. The minimum absolute atomic E-state index is 0.000972. The van der Waals surface area contributed by atoms with E-state index in [4.69, 9.17) is 16.3 Å². The fourth-order valence-electron chi connectivity index (χ4n) is 4.27. The molecule has 208 valence electrons. The zero-order valence-corrected chi connectivity index (χ0v) is 24.1. The molecule has 0 fully saturated rings. The molecule has 0 saturated heterocycles. The van der Waals surface area contributed by atoms with Crippen LogP contribution < -0.4 is 14.4 Å². The number of rotatable bonds is 12. The van der Waals surface area contributed by atoms with Crippen LogP contribution in [0.4, 0.5) is 5.69 Å². The first kappa shape index (κ1) is 30.0. The second kappa shape index (κ2) is 13.5. The second-order valence-corrected chi connectivity index (χ2v) is 11.2. The Balaban J connectivity index is 2.13. The van der Waals surface area contributed by atoms with Gasteiger partial charge in [-0.2, -0.15) is 0 Å². The van der Waals surface area contributed by atoms with Crippen LogP contribution in [-0.2, 0) is 26.2 Å². The van der Waals surface area contributed by atoms with Crippen molar-refractivity contribution in [3.8, 4) is 5.75 Å². The number of anilines is 1. The Morgan fingerprint density at radius 2 is 1.67 bits per heavy atom. The maximum Gasteiger partial charge on any atom is 0.264 e. The van der Waals surface area contributed by atoms with Gasteiger partial charge in [0.25, 0.3) is 10.0 Å². The van der Waals surface area contributed by atoms with E-state index in [1.165, 1.54) is 30.2 Å². The van der Waals surface area contributed by atoms with Gasteiger partial charge in [0.15, 0.2) is 0 Å². The van der Waals surface area contributed by atoms with Crippen LogP contribution in [0.25, 0.3) is 0 Å². The molecule has 3 aromatic carbocycles. The van der Waals surface area contributed by atoms with Gasteiger partial charge in [0.05, 0.1) is 17.7 Å². The minimum atomic E-state index is -4.23. The van der Waals surface area contributed by atoms with Crippen LogP contribution in [-0.4, -0.2) is 51.4 Å². The fraction of sp³-hybridized carbons (Fsp3) is 0.310. The third-order valence-corrected chi connectivity index (χ3v) is 8.37. The van der Waals surface area contributed by atoms with E-state index in [9.17, 15) is 18.0 Å². The molecule has 3 rings (SSSR count). The molecule has 2 amide bonds. The molecule has 1 N–H and O–H groups in total. The molecular weight excluding hydrogens is 538 g/mol. The Morgan fingerprint density at radius 3 is 2.28 bits per heavy atom. The monoisotopic (exact) mass is 571 g/mol. The van der Waals surface area contributed by atoms with E-state index in [2.05, 4.69) is 5.32 Å². The normalized spacial score (nSPS) is 11.9. The zero-order valence-electron chi connectivity index (χ0n) is 22.6. The van der Waals surface area contributed by atoms with Crippen LogP contribution in [0.2, 0.25) is 5.02 Å². The van der Waals surface area contributed by atoms with Gasteiger partial charge in [0, 0.05) is 18.1 Å². The number of methoxy groups -OCH3 is 1. The van der Waals surface area contributed by atoms with Crippen LogP contribution in [0.3, 0.4) is 0 Å². The average Bonchev–Trinajstić information content (AvgIpc) is 2.93. The molecule has 0 saturated carbocycles. The Kier molecular flexibility index (Phi) is 10.4. The number of sulfonamides is 1. The maximum absolute atomic E-state index is 14.1. The van der Waals surface area contributed by atoms with Crippen LogP contribution in [0.15, 0.2) is 77.7 Å². The number of amides is 2. The molecule has 0 aromatic heterocycles. The maximum atomic E-state index is 14.1. The summed E-state index contributed by atoms with van der Waals surface area (Å²) in [5.41, 5.74) is 1.92. The van der Waals surface area contributed by atoms with Gasteiger partial charge in [-0.05, 0) is 61.7 Å². The highest BCUT2D eigenvalue weighted by Crippen LogP contribution is 2.35. The van der Waals surface area contributed by atoms with Crippen LogP contribution >= 0.6 is 11.6 Å². The van der Waals surface area contributed by atoms with Crippen molar-refractivity contribution in [2.45, 2.75) is 44.7 Å². The van der Waals surface area contributed by atoms with Gasteiger partial charge in [-0.25, -0.2) is 8.42 Å². The summed E-state index contributed by atoms with van der Waals surface area (Å²) >= 11 is 6.26. The molecule has 10 heteroatoms. The number of nitrogens with zero attached hydrogens (tertiary/aromatic N) is 2. The average molecular weight is 572 g/mol. The first-order chi connectivity index (χ1) is 18.6. The van der Waals surface area contributed by atoms with Gasteiger partial charge >= 0.3 is 0 Å². The number of likely N-dealkylation sites (N-methyl/N-ethyl adjacent to an activating group) is 1. The molecule has 39 heavy (non-hydrogen) atoms. The minimum Gasteiger partial charge on any atom is -0.495 e. The third kappa shape index (κ3) is 7.10. The third-order valence-electron chi connectivity index (χ3n) is 6.36. The van der Waals surface area contributed by atoms with E-state index in [1.807, 2.05) is 38.1 Å². The first-order valence-electron chi connectivity index (χ1n) is 12.7. The molecule has 0 spiro atoms. The lowest BCUT2D eigenvalue weighted by Crippen LogP contribution is -2.52. The zero-order chi connectivity index (χ0) is 28.6. The number of carbonyl (C=O) groups is 2. The summed E-state index contributed by atoms with van der Waals surface area (Å²) in [6.07, 6.45) is 0.343. The first-order valence-corrected chi connectivity index (χ1v) is 14.5. The number of hydrogen-bond acceptors (Lipinski definition) is 5. The number of nitrogens with one attached hydrogen (secondary N) is 1. The van der Waals surface area contributed by atoms with E-state index < -0.39 is 28.5 Å². The van der Waals surface area contributed by atoms with Crippen LogP contribution in [0.5, 0.6) is 5.75 Å². The lowest BCUT2D eigenvalue weighted by molar-refractivity contribution is -0.140. The molecule has 0 aliphatic carbocycles. The highest BCUT2D eigenvalue weighted by molar-refractivity contribution is 7.92. The lowest BCUT2D eigenvalue weighted by atomic mass is 10.1. The summed E-state index contributed by atoms with van der Waals surface area (Å²) < 4.78 is 34.3. The van der Waals surface area contributed by atoms with Crippen molar-refractivity contribution in [1.29, 1.82) is 0 Å². The van der Waals surface area contributed by atoms with Gasteiger partial charge in [0.1, 0.15) is 18.3 Å². The summed E-state index contributed by atoms with van der Waals surface area (Å²) in [6, 6.07) is 19.2. The number of ether oxygens (including phenoxy) is 1. The van der Waals surface area contributed by atoms with Gasteiger partial charge in [-0.15, -0.1) is 0 Å². The van der Waals surface area contributed by atoms with Crippen molar-refractivity contribution < 1.29 is 22.7 Å². The van der Waals surface area contributed by atoms with Crippen LogP contribution in [0, 0.1) is 6.92 Å². The number of aryl methyl sites for hydroxylation is 1. The van der Waals surface area contributed by atoms with Gasteiger partial charge in [-0.3, -0.25) is 13.9 Å². The molecular formula is C29H34ClN3O5S. The van der Waals surface area contributed by atoms with Gasteiger partial charge < -0.3 is 15.0 Å². The molecule has 0 aliphatic heterocycles. The summed E-state index contributed by atoms with van der Waals surface area (Å²) in [5, 5.41) is 3.07.